The van der Waals surface area contributed by atoms with Crippen molar-refractivity contribution in [1.29, 1.82) is 0 Å². The highest BCUT2D eigenvalue weighted by Gasteiger charge is 2.19. The van der Waals surface area contributed by atoms with Gasteiger partial charge >= 0.3 is 0 Å². The van der Waals surface area contributed by atoms with Crippen LogP contribution in [0.5, 0.6) is 0 Å². The number of aromatic nitrogens is 2. The highest BCUT2D eigenvalue weighted by Crippen LogP contribution is 2.28. The molecule has 1 aromatic heterocycles. The van der Waals surface area contributed by atoms with Gasteiger partial charge in [-0.25, -0.2) is 8.42 Å². The van der Waals surface area contributed by atoms with Crippen LogP contribution < -0.4 is 9.62 Å². The predicted molar refractivity (Wildman–Crippen MR) is 134 cm³/mol. The Kier molecular flexibility index (Phi) is 7.29. The number of anilines is 3. The molecule has 8 nitrogen and oxygen atoms in total. The fourth-order valence-corrected chi connectivity index (χ4v) is 4.35. The Morgan fingerprint density at radius 3 is 2.06 bits per heavy atom. The number of amides is 1. The van der Waals surface area contributed by atoms with Gasteiger partial charge in [0.2, 0.25) is 21.8 Å². The van der Waals surface area contributed by atoms with Crippen molar-refractivity contribution in [3.63, 3.8) is 0 Å². The Hall–Kier alpha value is -3.63. The van der Waals surface area contributed by atoms with Gasteiger partial charge in [0.1, 0.15) is 0 Å². The monoisotopic (exact) mass is 494 g/mol. The maximum atomic E-state index is 13.1. The Balaban J connectivity index is 1.44. The van der Waals surface area contributed by atoms with Gasteiger partial charge in [0.05, 0.1) is 11.5 Å². The molecule has 174 valence electrons. The number of para-hydroxylation sites is 2. The Bertz CT molecular complexity index is 1300. The zero-order valence-corrected chi connectivity index (χ0v) is 19.9. The largest absolute Gasteiger partial charge is 0.411 e. The van der Waals surface area contributed by atoms with Crippen LogP contribution in [0, 0.1) is 0 Å². The van der Waals surface area contributed by atoms with E-state index < -0.39 is 10.0 Å². The van der Waals surface area contributed by atoms with Crippen LogP contribution in [0.25, 0.3) is 11.5 Å². The Labute approximate surface area is 202 Å². The predicted octanol–water partition coefficient (Wildman–Crippen LogP) is 4.96. The van der Waals surface area contributed by atoms with E-state index in [4.69, 9.17) is 4.42 Å². The highest BCUT2D eigenvalue weighted by molar-refractivity contribution is 7.99. The zero-order chi connectivity index (χ0) is 24.0. The molecular formula is C24H22N4O4S2. The van der Waals surface area contributed by atoms with Crippen molar-refractivity contribution in [3.05, 3.63) is 84.9 Å². The third kappa shape index (κ3) is 5.83. The smallest absolute Gasteiger partial charge is 0.277 e. The molecule has 0 saturated heterocycles. The van der Waals surface area contributed by atoms with Crippen LogP contribution in [0.2, 0.25) is 0 Å². The first kappa shape index (κ1) is 23.5. The van der Waals surface area contributed by atoms with Crippen LogP contribution >= 0.6 is 11.8 Å². The second-order valence-electron chi connectivity index (χ2n) is 7.14. The van der Waals surface area contributed by atoms with Crippen LogP contribution in [0.15, 0.2) is 94.6 Å². The summed E-state index contributed by atoms with van der Waals surface area (Å²) < 4.78 is 31.6. The molecule has 0 aliphatic rings. The number of carbonyl (C=O) groups is 1. The van der Waals surface area contributed by atoms with E-state index in [0.29, 0.717) is 11.3 Å². The molecule has 4 aromatic rings. The highest BCUT2D eigenvalue weighted by atomic mass is 32.2. The first-order valence-corrected chi connectivity index (χ1v) is 13.1. The van der Waals surface area contributed by atoms with Crippen LogP contribution in [-0.4, -0.2) is 36.0 Å². The molecule has 1 N–H and O–H groups in total. The van der Waals surface area contributed by atoms with Crippen LogP contribution in [0.3, 0.4) is 0 Å². The molecule has 0 bridgehead atoms. The van der Waals surface area contributed by atoms with Gasteiger partial charge in [-0.1, -0.05) is 48.2 Å². The minimum absolute atomic E-state index is 0.0102. The lowest BCUT2D eigenvalue weighted by Gasteiger charge is -2.22. The minimum Gasteiger partial charge on any atom is -0.411 e. The summed E-state index contributed by atoms with van der Waals surface area (Å²) in [5, 5.41) is 8.34. The quantitative estimate of drug-likeness (QED) is 0.328. The molecule has 1 heterocycles. The maximum Gasteiger partial charge on any atom is 0.277 e. The van der Waals surface area contributed by atoms with Crippen LogP contribution in [0.1, 0.15) is 6.92 Å². The molecule has 3 aromatic carbocycles. The first-order chi connectivity index (χ1) is 16.4. The second-order valence-corrected chi connectivity index (χ2v) is 10.1. The molecule has 0 aliphatic heterocycles. The molecule has 1 amide bonds. The van der Waals surface area contributed by atoms with Crippen molar-refractivity contribution < 1.29 is 17.6 Å². The van der Waals surface area contributed by atoms with E-state index in [1.54, 1.807) is 36.1 Å². The van der Waals surface area contributed by atoms with Crippen molar-refractivity contribution in [2.24, 2.45) is 0 Å². The summed E-state index contributed by atoms with van der Waals surface area (Å²) in [6, 6.07) is 25.5. The molecular weight excluding hydrogens is 472 g/mol. The van der Waals surface area contributed by atoms with Gasteiger partial charge in [0, 0.05) is 22.6 Å². The molecule has 0 spiro atoms. The van der Waals surface area contributed by atoms with Gasteiger partial charge in [-0.15, -0.1) is 10.2 Å². The van der Waals surface area contributed by atoms with Gasteiger partial charge in [-0.3, -0.25) is 14.4 Å². The molecule has 0 saturated carbocycles. The summed E-state index contributed by atoms with van der Waals surface area (Å²) in [6.07, 6.45) is 0. The number of rotatable bonds is 9. The fourth-order valence-electron chi connectivity index (χ4n) is 3.10. The molecule has 0 radical (unpaired) electrons. The number of sulfonamides is 1. The van der Waals surface area contributed by atoms with E-state index >= 15 is 0 Å². The number of nitrogens with one attached hydrogen (secondary N) is 1. The van der Waals surface area contributed by atoms with E-state index in [-0.39, 0.29) is 28.5 Å². The summed E-state index contributed by atoms with van der Waals surface area (Å²) in [5.74, 6) is 0.241. The maximum absolute atomic E-state index is 13.1. The SMILES string of the molecule is CCS(=O)(=O)Nc1ccc(-c2nnc(SCC(=O)N(c3ccccc3)c3ccccc3)o2)cc1. The number of carbonyl (C=O) groups excluding carboxylic acids is 1. The minimum atomic E-state index is -3.35. The van der Waals surface area contributed by atoms with E-state index in [1.807, 2.05) is 60.7 Å². The van der Waals surface area contributed by atoms with Crippen molar-refractivity contribution in [1.82, 2.24) is 10.2 Å². The topological polar surface area (TPSA) is 105 Å². The number of thioether (sulfide) groups is 1. The number of hydrogen-bond donors (Lipinski definition) is 1. The number of nitrogens with zero attached hydrogens (tertiary/aromatic N) is 3. The summed E-state index contributed by atoms with van der Waals surface area (Å²) in [6.45, 7) is 1.57. The van der Waals surface area contributed by atoms with E-state index in [0.717, 1.165) is 23.1 Å². The van der Waals surface area contributed by atoms with Gasteiger partial charge in [-0.2, -0.15) is 0 Å². The lowest BCUT2D eigenvalue weighted by atomic mass is 10.2. The summed E-state index contributed by atoms with van der Waals surface area (Å²) in [7, 11) is -3.35. The molecule has 0 atom stereocenters. The van der Waals surface area contributed by atoms with Gasteiger partial charge in [-0.05, 0) is 55.5 Å². The summed E-state index contributed by atoms with van der Waals surface area (Å²) >= 11 is 1.15. The van der Waals surface area contributed by atoms with Crippen molar-refractivity contribution >= 4 is 44.8 Å². The average molecular weight is 495 g/mol. The Morgan fingerprint density at radius 2 is 1.50 bits per heavy atom. The summed E-state index contributed by atoms with van der Waals surface area (Å²) in [4.78, 5) is 14.8. The van der Waals surface area contributed by atoms with Crippen molar-refractivity contribution in [3.8, 4) is 11.5 Å². The van der Waals surface area contributed by atoms with Gasteiger partial charge in [0.25, 0.3) is 5.22 Å². The normalized spacial score (nSPS) is 11.2. The average Bonchev–Trinajstić information content (AvgIpc) is 3.34. The lowest BCUT2D eigenvalue weighted by Crippen LogP contribution is -2.27. The van der Waals surface area contributed by atoms with Crippen molar-refractivity contribution in [2.75, 3.05) is 21.1 Å². The fraction of sp³-hybridized carbons (Fsp3) is 0.125. The summed E-state index contributed by atoms with van der Waals surface area (Å²) in [5.41, 5.74) is 2.63. The van der Waals surface area contributed by atoms with Gasteiger partial charge < -0.3 is 4.42 Å². The molecule has 10 heteroatoms. The van der Waals surface area contributed by atoms with Gasteiger partial charge in [0.15, 0.2) is 0 Å². The first-order valence-electron chi connectivity index (χ1n) is 10.5. The standard InChI is InChI=1S/C24H22N4O4S2/c1-2-34(30,31)27-19-15-13-18(14-16-19)23-25-26-24(32-23)33-17-22(29)28(20-9-5-3-6-10-20)21-11-7-4-8-12-21/h3-16,27H,2,17H2,1H3. The third-order valence-corrected chi connectivity index (χ3v) is 6.90. The molecule has 34 heavy (non-hydrogen) atoms. The zero-order valence-electron chi connectivity index (χ0n) is 18.3. The Morgan fingerprint density at radius 1 is 0.912 bits per heavy atom. The van der Waals surface area contributed by atoms with Crippen LogP contribution in [-0.2, 0) is 14.8 Å². The van der Waals surface area contributed by atoms with E-state index in [9.17, 15) is 13.2 Å². The second kappa shape index (κ2) is 10.5. The van der Waals surface area contributed by atoms with E-state index in [1.165, 1.54) is 0 Å². The van der Waals surface area contributed by atoms with E-state index in [2.05, 4.69) is 14.9 Å². The number of hydrogen-bond acceptors (Lipinski definition) is 7. The molecule has 0 unspecified atom stereocenters. The lowest BCUT2D eigenvalue weighted by molar-refractivity contribution is -0.115. The molecule has 0 fully saturated rings. The molecule has 4 rings (SSSR count). The third-order valence-electron chi connectivity index (χ3n) is 4.79. The molecule has 0 aliphatic carbocycles. The van der Waals surface area contributed by atoms with Crippen molar-refractivity contribution in [2.45, 2.75) is 12.1 Å². The number of benzene rings is 3. The van der Waals surface area contributed by atoms with Crippen LogP contribution in [0.4, 0.5) is 17.1 Å².